The third-order valence-electron chi connectivity index (χ3n) is 7.16. The maximum Gasteiger partial charge on any atom is 0.263 e. The summed E-state index contributed by atoms with van der Waals surface area (Å²) in [5.74, 6) is -2.42. The van der Waals surface area contributed by atoms with Gasteiger partial charge < -0.3 is 25.8 Å². The molecule has 198 valence electrons. The van der Waals surface area contributed by atoms with Crippen LogP contribution in [0.3, 0.4) is 0 Å². The highest BCUT2D eigenvalue weighted by Crippen LogP contribution is 2.38. The zero-order valence-corrected chi connectivity index (χ0v) is 20.7. The molecule has 2 saturated heterocycles. The van der Waals surface area contributed by atoms with Crippen LogP contribution in [0.1, 0.15) is 23.2 Å². The topological polar surface area (TPSA) is 149 Å². The largest absolute Gasteiger partial charge is 0.381 e. The Hall–Kier alpha value is -4.38. The number of fused-ring (bicyclic) bond motifs is 1. The Morgan fingerprint density at radius 3 is 2.50 bits per heavy atom. The number of hydrogen-bond acceptors (Lipinski definition) is 9. The van der Waals surface area contributed by atoms with Gasteiger partial charge in [0.25, 0.3) is 5.91 Å². The van der Waals surface area contributed by atoms with Gasteiger partial charge in [0.1, 0.15) is 16.7 Å². The number of likely N-dealkylation sites (N-methyl/N-ethyl adjacent to an activating group) is 1. The number of nitrogens with two attached hydrogens (primary N) is 1. The molecule has 0 bridgehead atoms. The number of carbonyl (C=O) groups excluding carboxylic acids is 2. The Bertz CT molecular complexity index is 1440. The Morgan fingerprint density at radius 1 is 1.11 bits per heavy atom. The van der Waals surface area contributed by atoms with Gasteiger partial charge in [-0.1, -0.05) is 0 Å². The van der Waals surface area contributed by atoms with E-state index in [0.29, 0.717) is 13.1 Å². The number of nitriles is 1. The van der Waals surface area contributed by atoms with Gasteiger partial charge in [0.2, 0.25) is 5.91 Å². The van der Waals surface area contributed by atoms with Crippen molar-refractivity contribution >= 4 is 34.7 Å². The van der Waals surface area contributed by atoms with Gasteiger partial charge in [-0.25, -0.2) is 18.3 Å². The van der Waals surface area contributed by atoms with Gasteiger partial charge in [-0.15, -0.1) is 5.10 Å². The number of halogens is 2. The highest BCUT2D eigenvalue weighted by Gasteiger charge is 2.45. The predicted octanol–water partition coefficient (Wildman–Crippen LogP) is 1.12. The molecule has 0 unspecified atom stereocenters. The first kappa shape index (κ1) is 25.3. The molecule has 12 nitrogen and oxygen atoms in total. The number of carbonyl (C=O) groups is 2. The molecule has 0 spiro atoms. The van der Waals surface area contributed by atoms with Crippen LogP contribution >= 0.6 is 0 Å². The van der Waals surface area contributed by atoms with E-state index in [9.17, 15) is 19.2 Å². The summed E-state index contributed by atoms with van der Waals surface area (Å²) in [6.07, 6.45) is 4.71. The van der Waals surface area contributed by atoms with Crippen LogP contribution in [0.5, 0.6) is 0 Å². The molecule has 2 amide bonds. The predicted molar refractivity (Wildman–Crippen MR) is 133 cm³/mol. The molecule has 0 radical (unpaired) electrons. The van der Waals surface area contributed by atoms with Crippen molar-refractivity contribution < 1.29 is 18.4 Å². The van der Waals surface area contributed by atoms with Crippen LogP contribution in [0.15, 0.2) is 24.8 Å². The maximum absolute atomic E-state index is 15.1. The summed E-state index contributed by atoms with van der Waals surface area (Å²) < 4.78 is 29.6. The van der Waals surface area contributed by atoms with Crippen LogP contribution in [0.4, 0.5) is 26.0 Å². The van der Waals surface area contributed by atoms with Crippen LogP contribution in [0, 0.1) is 28.4 Å². The van der Waals surface area contributed by atoms with Crippen molar-refractivity contribution in [2.75, 3.05) is 62.3 Å². The van der Waals surface area contributed by atoms with Crippen molar-refractivity contribution in [3.63, 3.8) is 0 Å². The zero-order chi connectivity index (χ0) is 27.0. The fourth-order valence-corrected chi connectivity index (χ4v) is 4.97. The maximum atomic E-state index is 15.1. The molecule has 2 fully saturated rings. The minimum Gasteiger partial charge on any atom is -0.381 e. The lowest BCUT2D eigenvalue weighted by molar-refractivity contribution is -0.141. The second kappa shape index (κ2) is 9.82. The van der Waals surface area contributed by atoms with Crippen molar-refractivity contribution in [2.45, 2.75) is 12.8 Å². The van der Waals surface area contributed by atoms with Crippen molar-refractivity contribution in [3.05, 3.63) is 42.0 Å². The minimum absolute atomic E-state index is 0.0338. The third-order valence-corrected chi connectivity index (χ3v) is 7.16. The fraction of sp³-hybridized carbons (Fsp3) is 0.417. The third kappa shape index (κ3) is 4.45. The lowest BCUT2D eigenvalue weighted by atomic mass is 9.78. The molecule has 0 atom stereocenters. The number of anilines is 3. The number of nitrogen functional groups attached to an aromatic ring is 1. The van der Waals surface area contributed by atoms with Crippen molar-refractivity contribution in [3.8, 4) is 6.07 Å². The van der Waals surface area contributed by atoms with Gasteiger partial charge in [-0.3, -0.25) is 14.6 Å². The molecule has 3 aromatic heterocycles. The molecular weight excluding hydrogens is 498 g/mol. The standard InChI is InChI=1S/C24H26F2N10O2/c1-33-6-8-35(9-7-33)23(38)24(14-27)2-4-34(5-3-24)19-16(26)11-29-12-17(19)31-22(37)18-20(28)32-36-13-15(25)10-30-21(18)36/h10-13H,2-9H2,1H3,(H2,28,32)(H,31,37). The Balaban J connectivity index is 1.36. The van der Waals surface area contributed by atoms with Crippen LogP contribution in [-0.4, -0.2) is 87.5 Å². The summed E-state index contributed by atoms with van der Waals surface area (Å²) in [5, 5.41) is 16.5. The van der Waals surface area contributed by atoms with E-state index < -0.39 is 23.0 Å². The highest BCUT2D eigenvalue weighted by atomic mass is 19.1. The fourth-order valence-electron chi connectivity index (χ4n) is 4.97. The molecular formula is C24H26F2N10O2. The number of nitrogens with one attached hydrogen (secondary N) is 1. The molecule has 2 aliphatic heterocycles. The van der Waals surface area contributed by atoms with Gasteiger partial charge in [0.05, 0.1) is 36.5 Å². The first-order valence-electron chi connectivity index (χ1n) is 12.1. The number of piperidine rings is 1. The monoisotopic (exact) mass is 524 g/mol. The number of piperazine rings is 1. The summed E-state index contributed by atoms with van der Waals surface area (Å²) in [6.45, 7) is 3.05. The number of pyridine rings is 1. The van der Waals surface area contributed by atoms with Crippen LogP contribution < -0.4 is 16.0 Å². The van der Waals surface area contributed by atoms with Gasteiger partial charge in [0.15, 0.2) is 23.1 Å². The van der Waals surface area contributed by atoms with Crippen molar-refractivity contribution in [2.24, 2.45) is 5.41 Å². The molecule has 38 heavy (non-hydrogen) atoms. The summed E-state index contributed by atoms with van der Waals surface area (Å²) in [4.78, 5) is 39.7. The Labute approximate surface area is 216 Å². The smallest absolute Gasteiger partial charge is 0.263 e. The number of nitrogens with zero attached hydrogens (tertiary/aromatic N) is 8. The summed E-state index contributed by atoms with van der Waals surface area (Å²) in [6, 6.07) is 2.24. The number of hydrogen-bond donors (Lipinski definition) is 2. The van der Waals surface area contributed by atoms with E-state index in [1.54, 1.807) is 9.80 Å². The molecule has 5 heterocycles. The molecule has 0 saturated carbocycles. The number of amides is 2. The van der Waals surface area contributed by atoms with E-state index >= 15 is 4.39 Å². The molecule has 2 aliphatic rings. The Morgan fingerprint density at radius 2 is 1.82 bits per heavy atom. The van der Waals surface area contributed by atoms with E-state index in [1.165, 1.54) is 6.20 Å². The average Bonchev–Trinajstić information content (AvgIpc) is 3.24. The first-order chi connectivity index (χ1) is 18.2. The molecule has 5 rings (SSSR count). The SMILES string of the molecule is CN1CCN(C(=O)C2(C#N)CCN(c3c(F)cncc3NC(=O)c3c(N)nn4cc(F)cnc34)CC2)CC1. The second-order valence-corrected chi connectivity index (χ2v) is 9.55. The Kier molecular flexibility index (Phi) is 6.53. The minimum atomic E-state index is -1.19. The molecule has 3 aromatic rings. The molecule has 14 heteroatoms. The average molecular weight is 525 g/mol. The van der Waals surface area contributed by atoms with Crippen molar-refractivity contribution in [1.29, 1.82) is 5.26 Å². The van der Waals surface area contributed by atoms with Crippen LogP contribution in [0.25, 0.3) is 5.65 Å². The van der Waals surface area contributed by atoms with Gasteiger partial charge in [-0.05, 0) is 19.9 Å². The van der Waals surface area contributed by atoms with Gasteiger partial charge >= 0.3 is 0 Å². The summed E-state index contributed by atoms with van der Waals surface area (Å²) in [7, 11) is 1.99. The number of rotatable bonds is 4. The van der Waals surface area contributed by atoms with E-state index in [2.05, 4.69) is 31.4 Å². The normalized spacial score (nSPS) is 17.8. The van der Waals surface area contributed by atoms with E-state index in [0.717, 1.165) is 36.2 Å². The number of aromatic nitrogens is 4. The molecule has 3 N–H and O–H groups in total. The van der Waals surface area contributed by atoms with Crippen LogP contribution in [0.2, 0.25) is 0 Å². The van der Waals surface area contributed by atoms with E-state index in [1.807, 2.05) is 7.05 Å². The zero-order valence-electron chi connectivity index (χ0n) is 20.7. The van der Waals surface area contributed by atoms with Gasteiger partial charge in [0, 0.05) is 39.3 Å². The van der Waals surface area contributed by atoms with E-state index in [4.69, 9.17) is 5.73 Å². The first-order valence-corrected chi connectivity index (χ1v) is 12.1. The summed E-state index contributed by atoms with van der Waals surface area (Å²) >= 11 is 0. The van der Waals surface area contributed by atoms with Crippen LogP contribution in [-0.2, 0) is 4.79 Å². The lowest BCUT2D eigenvalue weighted by Gasteiger charge is -2.42. The molecule has 0 aromatic carbocycles. The van der Waals surface area contributed by atoms with Crippen molar-refractivity contribution in [1.82, 2.24) is 29.4 Å². The second-order valence-electron chi connectivity index (χ2n) is 9.55. The summed E-state index contributed by atoms with van der Waals surface area (Å²) in [5.41, 5.74) is 4.79. The lowest BCUT2D eigenvalue weighted by Crippen LogP contribution is -2.54. The molecule has 0 aliphatic carbocycles. The van der Waals surface area contributed by atoms with Gasteiger partial charge in [-0.2, -0.15) is 5.26 Å². The highest BCUT2D eigenvalue weighted by molar-refractivity contribution is 6.12. The quantitative estimate of drug-likeness (QED) is 0.512. The van der Waals surface area contributed by atoms with E-state index in [-0.39, 0.29) is 60.2 Å².